The lowest BCUT2D eigenvalue weighted by Crippen LogP contribution is -2.49. The molecule has 10 heteroatoms. The van der Waals surface area contributed by atoms with Crippen molar-refractivity contribution in [3.05, 3.63) is 0 Å². The van der Waals surface area contributed by atoms with Gasteiger partial charge in [-0.2, -0.15) is 12.6 Å². The van der Waals surface area contributed by atoms with Crippen LogP contribution in [0.4, 0.5) is 0 Å². The second-order valence-corrected chi connectivity index (χ2v) is 20.2. The number of hydrogen-bond acceptors (Lipinski definition) is 10. The van der Waals surface area contributed by atoms with Crippen molar-refractivity contribution in [2.45, 2.75) is 233 Å². The molecule has 0 rings (SSSR count). The summed E-state index contributed by atoms with van der Waals surface area (Å²) in [5.41, 5.74) is -0.554. The Morgan fingerprint density at radius 1 is 0.435 bits per heavy atom. The zero-order valence-electron chi connectivity index (χ0n) is 41.9. The molecule has 0 amide bonds. The van der Waals surface area contributed by atoms with Gasteiger partial charge < -0.3 is 44.1 Å². The molecule has 0 bridgehead atoms. The summed E-state index contributed by atoms with van der Waals surface area (Å²) >= 11 is 4.52. The number of unbranched alkanes of at least 4 members (excludes halogenated alkanes) is 17. The van der Waals surface area contributed by atoms with Crippen LogP contribution < -0.4 is 0 Å². The minimum atomic E-state index is -0.728. The van der Waals surface area contributed by atoms with Gasteiger partial charge in [-0.1, -0.05) is 158 Å². The summed E-state index contributed by atoms with van der Waals surface area (Å²) in [6.45, 7) is 18.7. The number of thiol groups is 1. The Kier molecular flexibility index (Phi) is 42.3. The third kappa shape index (κ3) is 32.6. The van der Waals surface area contributed by atoms with Gasteiger partial charge in [0.15, 0.2) is 5.79 Å². The van der Waals surface area contributed by atoms with Crippen LogP contribution in [0.15, 0.2) is 0 Å². The number of rotatable bonds is 49. The summed E-state index contributed by atoms with van der Waals surface area (Å²) in [6.07, 6.45) is 28.4. The first kappa shape index (κ1) is 62.0. The topological polar surface area (TPSA) is 127 Å². The van der Waals surface area contributed by atoms with Gasteiger partial charge >= 0.3 is 0 Å². The van der Waals surface area contributed by atoms with E-state index in [1.54, 1.807) is 0 Å². The maximum Gasteiger partial charge on any atom is 0.168 e. The van der Waals surface area contributed by atoms with Crippen molar-refractivity contribution in [1.82, 2.24) is 0 Å². The monoisotopic (exact) mass is 907 g/mol. The van der Waals surface area contributed by atoms with E-state index in [1.807, 2.05) is 20.8 Å². The highest BCUT2D eigenvalue weighted by Crippen LogP contribution is 2.37. The van der Waals surface area contributed by atoms with Crippen LogP contribution in [0.3, 0.4) is 0 Å². The molecule has 0 heterocycles. The summed E-state index contributed by atoms with van der Waals surface area (Å²) < 4.78 is 33.5. The molecule has 9 nitrogen and oxygen atoms in total. The molecule has 0 spiro atoms. The van der Waals surface area contributed by atoms with Gasteiger partial charge in [0, 0.05) is 69.5 Å². The Bertz CT molecular complexity index is 933. The number of aliphatic hydroxyl groups is 4. The second-order valence-electron chi connectivity index (χ2n) is 19.7. The molecule has 0 aromatic rings. The Morgan fingerprint density at radius 2 is 0.871 bits per heavy atom. The lowest BCUT2D eigenvalue weighted by atomic mass is 9.79. The van der Waals surface area contributed by atoms with Gasteiger partial charge in [-0.15, -0.1) is 0 Å². The van der Waals surface area contributed by atoms with Crippen molar-refractivity contribution < 1.29 is 44.1 Å². The fourth-order valence-corrected chi connectivity index (χ4v) is 8.42. The fourth-order valence-electron chi connectivity index (χ4n) is 8.20. The van der Waals surface area contributed by atoms with E-state index >= 15 is 0 Å². The first-order chi connectivity index (χ1) is 30.0. The third-order valence-corrected chi connectivity index (χ3v) is 12.8. The zero-order chi connectivity index (χ0) is 46.2. The standard InChI is InChI=1S/C52H106O9S/c1-8-10-12-14-19-23-29-50(58-41-47(5)38-55)51(35-45(3)36-53,30-24-20-15-13-11-9-2)59-43-49(7)44-61-52(32-26-28-34-62,60-42-48(6)39-56)31-25-21-17-16-18-22-27-33-57-40-46(4)37-54/h45-50,53-56,62H,8-44H2,1-7H3. The maximum atomic E-state index is 10.4. The van der Waals surface area contributed by atoms with Crippen LogP contribution in [0.25, 0.3) is 0 Å². The minimum Gasteiger partial charge on any atom is -0.396 e. The summed E-state index contributed by atoms with van der Waals surface area (Å²) in [4.78, 5) is 0. The molecule has 8 unspecified atom stereocenters. The molecule has 0 saturated carbocycles. The smallest absolute Gasteiger partial charge is 0.168 e. The van der Waals surface area contributed by atoms with Crippen molar-refractivity contribution >= 4 is 12.6 Å². The van der Waals surface area contributed by atoms with Crippen LogP contribution in [-0.4, -0.2) is 110 Å². The normalized spacial score (nSPS) is 17.0. The lowest BCUT2D eigenvalue weighted by Gasteiger charge is -2.43. The summed E-state index contributed by atoms with van der Waals surface area (Å²) in [5.74, 6) is 0.513. The highest BCUT2D eigenvalue weighted by molar-refractivity contribution is 7.80. The van der Waals surface area contributed by atoms with Gasteiger partial charge in [-0.3, -0.25) is 0 Å². The molecule has 0 fully saturated rings. The largest absolute Gasteiger partial charge is 0.396 e. The summed E-state index contributed by atoms with van der Waals surface area (Å²) in [6, 6.07) is 0. The zero-order valence-corrected chi connectivity index (χ0v) is 42.8. The van der Waals surface area contributed by atoms with Crippen molar-refractivity contribution in [1.29, 1.82) is 0 Å². The molecule has 0 radical (unpaired) electrons. The van der Waals surface area contributed by atoms with Crippen molar-refractivity contribution in [2.75, 3.05) is 71.8 Å². The molecule has 0 aliphatic carbocycles. The fraction of sp³-hybridized carbons (Fsp3) is 1.00. The van der Waals surface area contributed by atoms with E-state index < -0.39 is 11.4 Å². The molecular formula is C52H106O9S. The van der Waals surface area contributed by atoms with E-state index in [0.29, 0.717) is 33.0 Å². The number of aliphatic hydroxyl groups excluding tert-OH is 4. The molecule has 0 aliphatic rings. The van der Waals surface area contributed by atoms with Crippen LogP contribution in [0.5, 0.6) is 0 Å². The SMILES string of the molecule is CCCCCCCCC(OCC(C)CO)C(CCCCCCCC)(CC(C)CO)OCC(C)COC(CCCCS)(CCCCCCCCCOCC(C)CO)OCC(C)CO. The Labute approximate surface area is 389 Å². The van der Waals surface area contributed by atoms with Gasteiger partial charge in [0.2, 0.25) is 0 Å². The molecule has 0 aromatic carbocycles. The van der Waals surface area contributed by atoms with E-state index in [-0.39, 0.29) is 62.1 Å². The van der Waals surface area contributed by atoms with E-state index in [0.717, 1.165) is 95.8 Å². The Hall–Kier alpha value is -0.0100. The molecule has 0 aromatic heterocycles. The molecular weight excluding hydrogens is 801 g/mol. The van der Waals surface area contributed by atoms with Crippen molar-refractivity contribution in [3.63, 3.8) is 0 Å². The summed E-state index contributed by atoms with van der Waals surface area (Å²) in [5, 5.41) is 39.6. The quantitative estimate of drug-likeness (QED) is 0.0230. The minimum absolute atomic E-state index is 0.0210. The molecule has 8 atom stereocenters. The van der Waals surface area contributed by atoms with Crippen LogP contribution in [0.1, 0.15) is 215 Å². The molecule has 374 valence electrons. The van der Waals surface area contributed by atoms with Crippen LogP contribution in [0.2, 0.25) is 0 Å². The van der Waals surface area contributed by atoms with Gasteiger partial charge in [0.1, 0.15) is 0 Å². The first-order valence-corrected chi connectivity index (χ1v) is 26.8. The highest BCUT2D eigenvalue weighted by atomic mass is 32.1. The van der Waals surface area contributed by atoms with Gasteiger partial charge in [0.25, 0.3) is 0 Å². The first-order valence-electron chi connectivity index (χ1n) is 26.2. The molecule has 0 saturated heterocycles. The molecule has 62 heavy (non-hydrogen) atoms. The predicted molar refractivity (Wildman–Crippen MR) is 263 cm³/mol. The van der Waals surface area contributed by atoms with E-state index in [2.05, 4.69) is 40.3 Å². The van der Waals surface area contributed by atoms with E-state index in [1.165, 1.54) is 83.5 Å². The number of hydrogen-bond donors (Lipinski definition) is 5. The van der Waals surface area contributed by atoms with Crippen LogP contribution >= 0.6 is 12.6 Å². The highest BCUT2D eigenvalue weighted by Gasteiger charge is 2.42. The Balaban J connectivity index is 6.13. The van der Waals surface area contributed by atoms with E-state index in [4.69, 9.17) is 23.7 Å². The predicted octanol–water partition coefficient (Wildman–Crippen LogP) is 12.1. The third-order valence-electron chi connectivity index (χ3n) is 12.5. The molecule has 0 aliphatic heterocycles. The second kappa shape index (κ2) is 42.4. The Morgan fingerprint density at radius 3 is 1.42 bits per heavy atom. The van der Waals surface area contributed by atoms with E-state index in [9.17, 15) is 20.4 Å². The van der Waals surface area contributed by atoms with Gasteiger partial charge in [0.05, 0.1) is 44.7 Å². The summed E-state index contributed by atoms with van der Waals surface area (Å²) in [7, 11) is 0. The van der Waals surface area contributed by atoms with Crippen LogP contribution in [0, 0.1) is 29.6 Å². The average molecular weight is 907 g/mol. The maximum absolute atomic E-state index is 10.4. The van der Waals surface area contributed by atoms with Gasteiger partial charge in [-0.25, -0.2) is 0 Å². The average Bonchev–Trinajstić information content (AvgIpc) is 3.28. The van der Waals surface area contributed by atoms with Crippen molar-refractivity contribution in [3.8, 4) is 0 Å². The molecule has 4 N–H and O–H groups in total. The number of ether oxygens (including phenoxy) is 5. The van der Waals surface area contributed by atoms with Crippen molar-refractivity contribution in [2.24, 2.45) is 29.6 Å². The van der Waals surface area contributed by atoms with Crippen LogP contribution in [-0.2, 0) is 23.7 Å². The van der Waals surface area contributed by atoms with Gasteiger partial charge in [-0.05, 0) is 56.6 Å². The lowest BCUT2D eigenvalue weighted by molar-refractivity contribution is -0.259.